The van der Waals surface area contributed by atoms with Crippen LogP contribution in [0.15, 0.2) is 24.3 Å². The zero-order valence-electron chi connectivity index (χ0n) is 14.8. The number of hydrogen-bond acceptors (Lipinski definition) is 4. The summed E-state index contributed by atoms with van der Waals surface area (Å²) in [4.78, 5) is 11.8. The first-order valence-corrected chi connectivity index (χ1v) is 9.70. The molecule has 4 rings (SSSR count). The lowest BCUT2D eigenvalue weighted by atomic mass is 9.96. The number of halogens is 1. The van der Waals surface area contributed by atoms with Gasteiger partial charge in [-0.2, -0.15) is 4.98 Å². The molecule has 2 aromatic rings. The van der Waals surface area contributed by atoms with Gasteiger partial charge in [-0.25, -0.2) is 4.98 Å². The van der Waals surface area contributed by atoms with Crippen LogP contribution in [-0.4, -0.2) is 22.6 Å². The summed E-state index contributed by atoms with van der Waals surface area (Å²) in [7, 11) is 0. The van der Waals surface area contributed by atoms with E-state index >= 15 is 0 Å². The van der Waals surface area contributed by atoms with E-state index in [0.717, 1.165) is 42.0 Å². The highest BCUT2D eigenvalue weighted by Crippen LogP contribution is 2.27. The van der Waals surface area contributed by atoms with Crippen LogP contribution in [0, 0.1) is 6.92 Å². The maximum atomic E-state index is 6.12. The molecule has 2 aliphatic rings. The van der Waals surface area contributed by atoms with Gasteiger partial charge in [0.2, 0.25) is 5.95 Å². The van der Waals surface area contributed by atoms with Crippen LogP contribution in [-0.2, 0) is 13.0 Å². The number of hydrogen-bond donors (Lipinski definition) is 1. The van der Waals surface area contributed by atoms with Crippen LogP contribution in [0.1, 0.15) is 48.9 Å². The summed E-state index contributed by atoms with van der Waals surface area (Å²) in [6.07, 6.45) is 7.43. The Morgan fingerprint density at radius 1 is 1.08 bits per heavy atom. The van der Waals surface area contributed by atoms with Crippen LogP contribution in [0.2, 0.25) is 5.02 Å². The van der Waals surface area contributed by atoms with Crippen molar-refractivity contribution in [1.82, 2.24) is 9.97 Å². The maximum Gasteiger partial charge on any atom is 0.225 e. The zero-order valence-corrected chi connectivity index (χ0v) is 15.5. The van der Waals surface area contributed by atoms with Gasteiger partial charge in [0, 0.05) is 35.9 Å². The number of anilines is 2. The minimum absolute atomic E-state index is 0.521. The molecule has 1 fully saturated rings. The molecule has 1 aromatic heterocycles. The summed E-state index contributed by atoms with van der Waals surface area (Å²) in [5, 5.41) is 4.38. The van der Waals surface area contributed by atoms with Gasteiger partial charge in [0.15, 0.2) is 0 Å². The highest BCUT2D eigenvalue weighted by molar-refractivity contribution is 6.30. The Morgan fingerprint density at radius 2 is 1.92 bits per heavy atom. The molecular formula is C20H25ClN4. The zero-order chi connectivity index (χ0) is 17.2. The molecule has 25 heavy (non-hydrogen) atoms. The van der Waals surface area contributed by atoms with Crippen molar-refractivity contribution in [3.8, 4) is 0 Å². The Bertz CT molecular complexity index is 755. The second kappa shape index (κ2) is 7.20. The molecule has 132 valence electrons. The molecule has 0 unspecified atom stereocenters. The predicted octanol–water partition coefficient (Wildman–Crippen LogP) is 4.75. The van der Waals surface area contributed by atoms with Gasteiger partial charge in [0.05, 0.1) is 0 Å². The molecule has 1 aromatic carbocycles. The van der Waals surface area contributed by atoms with Gasteiger partial charge in [-0.15, -0.1) is 0 Å². The van der Waals surface area contributed by atoms with Gasteiger partial charge >= 0.3 is 0 Å². The summed E-state index contributed by atoms with van der Waals surface area (Å²) >= 11 is 6.12. The molecule has 0 saturated heterocycles. The van der Waals surface area contributed by atoms with E-state index in [9.17, 15) is 0 Å². The number of benzene rings is 1. The lowest BCUT2D eigenvalue weighted by Gasteiger charge is -2.30. The van der Waals surface area contributed by atoms with E-state index in [4.69, 9.17) is 16.6 Å². The van der Waals surface area contributed by atoms with Crippen LogP contribution in [0.25, 0.3) is 0 Å². The van der Waals surface area contributed by atoms with Gasteiger partial charge in [-0.05, 0) is 49.4 Å². The van der Waals surface area contributed by atoms with E-state index in [0.29, 0.717) is 6.04 Å². The van der Waals surface area contributed by atoms with Crippen molar-refractivity contribution >= 4 is 23.4 Å². The fourth-order valence-corrected chi connectivity index (χ4v) is 4.12. The normalized spacial score (nSPS) is 18.1. The van der Waals surface area contributed by atoms with Crippen LogP contribution in [0.3, 0.4) is 0 Å². The molecule has 0 amide bonds. The third-order valence-electron chi connectivity index (χ3n) is 5.28. The SMILES string of the molecule is Cc1cc(N2CCc3cc(Cl)ccc3C2)nc(NC2CCCCC2)n1. The van der Waals surface area contributed by atoms with E-state index in [1.807, 2.05) is 6.07 Å². The molecule has 1 N–H and O–H groups in total. The second-order valence-electron chi connectivity index (χ2n) is 7.25. The van der Waals surface area contributed by atoms with Crippen molar-refractivity contribution in [3.63, 3.8) is 0 Å². The van der Waals surface area contributed by atoms with Gasteiger partial charge in [-0.1, -0.05) is 36.9 Å². The summed E-state index contributed by atoms with van der Waals surface area (Å²) in [5.41, 5.74) is 3.72. The minimum atomic E-state index is 0.521. The Morgan fingerprint density at radius 3 is 2.76 bits per heavy atom. The first kappa shape index (κ1) is 16.6. The molecule has 1 aliphatic heterocycles. The monoisotopic (exact) mass is 356 g/mol. The van der Waals surface area contributed by atoms with Crippen LogP contribution >= 0.6 is 11.6 Å². The standard InChI is InChI=1S/C20H25ClN4/c1-14-11-19(24-20(22-14)23-18-5-3-2-4-6-18)25-10-9-15-12-17(21)8-7-16(15)13-25/h7-8,11-12,18H,2-6,9-10,13H2,1H3,(H,22,23,24). The molecule has 0 radical (unpaired) electrons. The highest BCUT2D eigenvalue weighted by Gasteiger charge is 2.20. The number of fused-ring (bicyclic) bond motifs is 1. The minimum Gasteiger partial charge on any atom is -0.352 e. The highest BCUT2D eigenvalue weighted by atomic mass is 35.5. The lowest BCUT2D eigenvalue weighted by molar-refractivity contribution is 0.460. The Kier molecular flexibility index (Phi) is 4.80. The van der Waals surface area contributed by atoms with Crippen LogP contribution in [0.4, 0.5) is 11.8 Å². The van der Waals surface area contributed by atoms with Crippen LogP contribution < -0.4 is 10.2 Å². The topological polar surface area (TPSA) is 41.1 Å². The molecule has 5 heteroatoms. The van der Waals surface area contributed by atoms with Crippen molar-refractivity contribution in [2.75, 3.05) is 16.8 Å². The molecule has 0 spiro atoms. The molecule has 1 aliphatic carbocycles. The van der Waals surface area contributed by atoms with Gasteiger partial charge in [0.25, 0.3) is 0 Å². The molecule has 0 atom stereocenters. The van der Waals surface area contributed by atoms with Crippen molar-refractivity contribution in [3.05, 3.63) is 46.1 Å². The van der Waals surface area contributed by atoms with Gasteiger partial charge < -0.3 is 10.2 Å². The summed E-state index contributed by atoms with van der Waals surface area (Å²) in [6.45, 7) is 3.90. The molecule has 1 saturated carbocycles. The fourth-order valence-electron chi connectivity index (χ4n) is 3.93. The number of rotatable bonds is 3. The number of nitrogens with one attached hydrogen (secondary N) is 1. The summed E-state index contributed by atoms with van der Waals surface area (Å²) < 4.78 is 0. The first-order chi connectivity index (χ1) is 12.2. The predicted molar refractivity (Wildman–Crippen MR) is 103 cm³/mol. The third-order valence-corrected chi connectivity index (χ3v) is 5.52. The van der Waals surface area contributed by atoms with Crippen molar-refractivity contribution in [1.29, 1.82) is 0 Å². The van der Waals surface area contributed by atoms with E-state index in [-0.39, 0.29) is 0 Å². The van der Waals surface area contributed by atoms with E-state index in [1.165, 1.54) is 43.2 Å². The van der Waals surface area contributed by atoms with Crippen molar-refractivity contribution in [2.45, 2.75) is 58.0 Å². The van der Waals surface area contributed by atoms with Gasteiger partial charge in [0.1, 0.15) is 5.82 Å². The smallest absolute Gasteiger partial charge is 0.225 e. The quantitative estimate of drug-likeness (QED) is 0.861. The van der Waals surface area contributed by atoms with Crippen molar-refractivity contribution < 1.29 is 0 Å². The van der Waals surface area contributed by atoms with Gasteiger partial charge in [-0.3, -0.25) is 0 Å². The van der Waals surface area contributed by atoms with E-state index in [2.05, 4.69) is 40.3 Å². The number of aromatic nitrogens is 2. The Hall–Kier alpha value is -1.81. The summed E-state index contributed by atoms with van der Waals surface area (Å²) in [5.74, 6) is 1.80. The first-order valence-electron chi connectivity index (χ1n) is 9.32. The number of nitrogens with zero attached hydrogens (tertiary/aromatic N) is 3. The molecule has 2 heterocycles. The van der Waals surface area contributed by atoms with Crippen molar-refractivity contribution in [2.24, 2.45) is 0 Å². The Labute approximate surface area is 154 Å². The summed E-state index contributed by atoms with van der Waals surface area (Å²) in [6, 6.07) is 8.82. The molecular weight excluding hydrogens is 332 g/mol. The fraction of sp³-hybridized carbons (Fsp3) is 0.500. The van der Waals surface area contributed by atoms with E-state index < -0.39 is 0 Å². The number of aryl methyl sites for hydroxylation is 1. The lowest BCUT2D eigenvalue weighted by Crippen LogP contribution is -2.31. The second-order valence-corrected chi connectivity index (χ2v) is 7.69. The molecule has 0 bridgehead atoms. The molecule has 4 nitrogen and oxygen atoms in total. The average molecular weight is 357 g/mol. The largest absolute Gasteiger partial charge is 0.352 e. The van der Waals surface area contributed by atoms with Crippen LogP contribution in [0.5, 0.6) is 0 Å². The van der Waals surface area contributed by atoms with E-state index in [1.54, 1.807) is 0 Å². The third kappa shape index (κ3) is 3.90. The Balaban J connectivity index is 1.53. The maximum absolute atomic E-state index is 6.12. The average Bonchev–Trinajstić information content (AvgIpc) is 2.61.